The highest BCUT2D eigenvalue weighted by atomic mass is 32.2. The topological polar surface area (TPSA) is 128 Å². The number of carbonyl (C=O) groups is 1. The Morgan fingerprint density at radius 1 is 1.13 bits per heavy atom. The minimum Gasteiger partial charge on any atom is -0.399 e. The Hall–Kier alpha value is -2.04. The van der Waals surface area contributed by atoms with Gasteiger partial charge in [0, 0.05) is 11.6 Å². The van der Waals surface area contributed by atoms with E-state index in [0.29, 0.717) is 22.8 Å². The second-order valence-corrected chi connectivity index (χ2v) is 14.8. The van der Waals surface area contributed by atoms with Gasteiger partial charge in [-0.1, -0.05) is 38.5 Å². The van der Waals surface area contributed by atoms with Gasteiger partial charge in [-0.15, -0.1) is 0 Å². The van der Waals surface area contributed by atoms with Crippen LogP contribution < -0.4 is 10.5 Å². The van der Waals surface area contributed by atoms with Gasteiger partial charge >= 0.3 is 0 Å². The molecule has 206 valence electrons. The number of anilines is 1. The normalized spacial score (nSPS) is 42.6. The third-order valence-corrected chi connectivity index (χ3v) is 11.7. The lowest BCUT2D eigenvalue weighted by Gasteiger charge is -2.53. The second-order valence-electron chi connectivity index (χ2n) is 13.1. The SMILES string of the molecule is CC1=C[C@]23C(=O)[C@@H](C=C4COC(C)(C)O[C@H]4[C@]2(O)[C@H]1NS(=O)(=O)c1ccc(N)cc1)[C@H]1[C@@H](C[C@H]3C)C1(C)C. The van der Waals surface area contributed by atoms with Crippen molar-refractivity contribution in [2.24, 2.45) is 34.5 Å². The van der Waals surface area contributed by atoms with Gasteiger partial charge in [-0.2, -0.15) is 0 Å². The predicted molar refractivity (Wildman–Crippen MR) is 142 cm³/mol. The molecule has 1 saturated heterocycles. The smallest absolute Gasteiger partial charge is 0.241 e. The van der Waals surface area contributed by atoms with Gasteiger partial charge in [-0.3, -0.25) is 4.79 Å². The Bertz CT molecular complexity index is 1380. The van der Waals surface area contributed by atoms with E-state index in [0.717, 1.165) is 6.42 Å². The van der Waals surface area contributed by atoms with Gasteiger partial charge in [-0.25, -0.2) is 13.1 Å². The molecule has 0 aromatic heterocycles. The van der Waals surface area contributed by atoms with Crippen molar-refractivity contribution in [3.63, 3.8) is 0 Å². The number of sulfonamides is 1. The molecule has 0 amide bonds. The minimum absolute atomic E-state index is 0.00830. The molecule has 1 heterocycles. The molecule has 9 heteroatoms. The van der Waals surface area contributed by atoms with Crippen molar-refractivity contribution in [1.29, 1.82) is 0 Å². The van der Waals surface area contributed by atoms with Crippen LogP contribution in [0.25, 0.3) is 0 Å². The number of allylic oxidation sites excluding steroid dienone is 1. The lowest BCUT2D eigenvalue weighted by Crippen LogP contribution is -2.70. The summed E-state index contributed by atoms with van der Waals surface area (Å²) in [6.07, 6.45) is 3.65. The highest BCUT2D eigenvalue weighted by Gasteiger charge is 2.76. The van der Waals surface area contributed by atoms with Crippen molar-refractivity contribution >= 4 is 21.5 Å². The van der Waals surface area contributed by atoms with Crippen molar-refractivity contribution in [3.05, 3.63) is 47.6 Å². The summed E-state index contributed by atoms with van der Waals surface area (Å²) in [6.45, 7) is 12.0. The van der Waals surface area contributed by atoms with Crippen molar-refractivity contribution in [3.8, 4) is 0 Å². The number of nitrogens with two attached hydrogens (primary N) is 1. The van der Waals surface area contributed by atoms with Crippen molar-refractivity contribution in [2.45, 2.75) is 76.4 Å². The van der Waals surface area contributed by atoms with Gasteiger partial charge in [-0.05, 0) is 80.2 Å². The summed E-state index contributed by atoms with van der Waals surface area (Å²) in [5.74, 6) is -1.23. The fraction of sp³-hybridized carbons (Fsp3) is 0.621. The molecule has 1 aromatic rings. The van der Waals surface area contributed by atoms with Gasteiger partial charge in [0.1, 0.15) is 11.7 Å². The van der Waals surface area contributed by atoms with Crippen LogP contribution in [0.5, 0.6) is 0 Å². The zero-order chi connectivity index (χ0) is 27.6. The van der Waals surface area contributed by atoms with E-state index in [1.807, 2.05) is 19.1 Å². The maximum Gasteiger partial charge on any atom is 0.241 e. The Balaban J connectivity index is 1.54. The molecule has 5 aliphatic rings. The first-order valence-electron chi connectivity index (χ1n) is 13.4. The molecule has 4 N–H and O–H groups in total. The summed E-state index contributed by atoms with van der Waals surface area (Å²) in [7, 11) is -4.08. The van der Waals surface area contributed by atoms with Crippen molar-refractivity contribution in [2.75, 3.05) is 12.3 Å². The third kappa shape index (κ3) is 3.29. The second kappa shape index (κ2) is 7.79. The molecule has 1 aromatic carbocycles. The van der Waals surface area contributed by atoms with E-state index in [1.54, 1.807) is 20.8 Å². The number of ether oxygens (including phenoxy) is 2. The maximum atomic E-state index is 14.7. The zero-order valence-corrected chi connectivity index (χ0v) is 23.6. The Morgan fingerprint density at radius 2 is 1.79 bits per heavy atom. The average Bonchev–Trinajstić information content (AvgIpc) is 3.32. The molecule has 38 heavy (non-hydrogen) atoms. The Labute approximate surface area is 224 Å². The molecule has 2 saturated carbocycles. The number of benzene rings is 1. The van der Waals surface area contributed by atoms with Gasteiger partial charge in [0.2, 0.25) is 10.0 Å². The molecule has 8 nitrogen and oxygen atoms in total. The van der Waals surface area contributed by atoms with Gasteiger partial charge in [0.05, 0.1) is 23.0 Å². The molecular formula is C29H38N2O6S. The average molecular weight is 543 g/mol. The summed E-state index contributed by atoms with van der Waals surface area (Å²) in [5.41, 5.74) is 4.32. The van der Waals surface area contributed by atoms with Crippen molar-refractivity contribution < 1.29 is 27.8 Å². The third-order valence-electron chi connectivity index (χ3n) is 10.2. The van der Waals surface area contributed by atoms with E-state index < -0.39 is 44.9 Å². The van der Waals surface area contributed by atoms with E-state index in [9.17, 15) is 18.3 Å². The molecule has 1 spiro atoms. The maximum absolute atomic E-state index is 14.7. The molecule has 0 unspecified atom stereocenters. The van der Waals surface area contributed by atoms with Gasteiger partial charge < -0.3 is 20.3 Å². The van der Waals surface area contributed by atoms with Crippen LogP contribution in [0.2, 0.25) is 0 Å². The number of nitrogen functional groups attached to an aromatic ring is 1. The molecule has 3 fully saturated rings. The number of aliphatic hydroxyl groups is 1. The first-order valence-corrected chi connectivity index (χ1v) is 14.9. The number of carbonyl (C=O) groups excluding carboxylic acids is 1. The molecule has 1 aliphatic heterocycles. The van der Waals surface area contributed by atoms with Gasteiger partial charge in [0.15, 0.2) is 11.6 Å². The number of hydrogen-bond donors (Lipinski definition) is 3. The van der Waals surface area contributed by atoms with Crippen LogP contribution in [0, 0.1) is 34.5 Å². The van der Waals surface area contributed by atoms with E-state index in [1.165, 1.54) is 24.3 Å². The molecule has 4 aliphatic carbocycles. The Kier molecular flexibility index (Phi) is 5.37. The lowest BCUT2D eigenvalue weighted by molar-refractivity contribution is -0.295. The first-order chi connectivity index (χ1) is 17.6. The minimum atomic E-state index is -4.08. The van der Waals surface area contributed by atoms with Gasteiger partial charge in [0.25, 0.3) is 0 Å². The number of Topliss-reactive ketones (excluding diaryl/α,β-unsaturated/α-hetero) is 1. The summed E-state index contributed by atoms with van der Waals surface area (Å²) in [5, 5.41) is 13.1. The molecule has 0 radical (unpaired) electrons. The summed E-state index contributed by atoms with van der Waals surface area (Å²) >= 11 is 0. The lowest BCUT2D eigenvalue weighted by atomic mass is 9.58. The molecule has 8 atom stereocenters. The number of ketones is 1. The summed E-state index contributed by atoms with van der Waals surface area (Å²) in [6, 6.07) is 4.83. The Morgan fingerprint density at radius 3 is 2.45 bits per heavy atom. The highest BCUT2D eigenvalue weighted by Crippen LogP contribution is 2.72. The monoisotopic (exact) mass is 542 g/mol. The van der Waals surface area contributed by atoms with Crippen LogP contribution in [0.4, 0.5) is 5.69 Å². The number of hydrogen-bond acceptors (Lipinski definition) is 7. The van der Waals surface area contributed by atoms with Crippen LogP contribution in [0.1, 0.15) is 48.0 Å². The molecule has 2 bridgehead atoms. The number of rotatable bonds is 3. The highest BCUT2D eigenvalue weighted by molar-refractivity contribution is 7.89. The van der Waals surface area contributed by atoms with Crippen LogP contribution in [-0.4, -0.2) is 49.4 Å². The van der Waals surface area contributed by atoms with E-state index in [-0.39, 0.29) is 34.5 Å². The molecule has 6 rings (SSSR count). The standard InChI is InChI=1S/C29H38N2O6S/c1-15-13-28-16(2)11-21-22(26(21,3)4)20(24(28)32)12-17-14-36-27(5,6)37-25(17)29(28,33)23(15)31-38(34,35)19-9-7-18(30)8-10-19/h7-10,12-13,16,20-23,25,31,33H,11,14,30H2,1-6H3/t16-,20+,21-,22+,23+,25-,28+,29-/m1/s1. The van der Waals surface area contributed by atoms with E-state index in [2.05, 4.69) is 18.6 Å². The van der Waals surface area contributed by atoms with Crippen LogP contribution >= 0.6 is 0 Å². The molecular weight excluding hydrogens is 504 g/mol. The largest absolute Gasteiger partial charge is 0.399 e. The van der Waals surface area contributed by atoms with E-state index >= 15 is 0 Å². The van der Waals surface area contributed by atoms with Crippen LogP contribution in [0.3, 0.4) is 0 Å². The zero-order valence-electron chi connectivity index (χ0n) is 22.8. The van der Waals surface area contributed by atoms with Crippen LogP contribution in [0.15, 0.2) is 52.5 Å². The fourth-order valence-electron chi connectivity index (χ4n) is 8.21. The van der Waals surface area contributed by atoms with E-state index in [4.69, 9.17) is 15.2 Å². The summed E-state index contributed by atoms with van der Waals surface area (Å²) < 4.78 is 42.5. The predicted octanol–water partition coefficient (Wildman–Crippen LogP) is 3.18. The van der Waals surface area contributed by atoms with Crippen molar-refractivity contribution in [1.82, 2.24) is 4.72 Å². The number of nitrogens with one attached hydrogen (secondary N) is 1. The first kappa shape index (κ1) is 26.2. The fourth-order valence-corrected chi connectivity index (χ4v) is 9.52. The summed E-state index contributed by atoms with van der Waals surface area (Å²) in [4.78, 5) is 14.8. The number of fused-ring (bicyclic) bond motifs is 5. The quantitative estimate of drug-likeness (QED) is 0.395. The van der Waals surface area contributed by atoms with Crippen LogP contribution in [-0.2, 0) is 24.3 Å².